The van der Waals surface area contributed by atoms with Crippen molar-refractivity contribution in [3.05, 3.63) is 29.3 Å². The van der Waals surface area contributed by atoms with Gasteiger partial charge in [0.1, 0.15) is 5.66 Å². The van der Waals surface area contributed by atoms with E-state index in [-0.39, 0.29) is 17.6 Å². The van der Waals surface area contributed by atoms with Gasteiger partial charge in [0, 0.05) is 0 Å². The van der Waals surface area contributed by atoms with E-state index in [4.69, 9.17) is 16.6 Å². The summed E-state index contributed by atoms with van der Waals surface area (Å²) in [5.74, 6) is -1.71. The lowest BCUT2D eigenvalue weighted by Gasteiger charge is -2.46. The Labute approximate surface area is 147 Å². The molecule has 0 aromatic heterocycles. The molecule has 0 radical (unpaired) electrons. The number of guanidine groups is 2. The van der Waals surface area contributed by atoms with E-state index >= 15 is 0 Å². The minimum atomic E-state index is -4.77. The molecule has 7 nitrogen and oxygen atoms in total. The van der Waals surface area contributed by atoms with Crippen LogP contribution in [0.1, 0.15) is 48.0 Å². The Morgan fingerprint density at radius 1 is 1.19 bits per heavy atom. The van der Waals surface area contributed by atoms with Crippen LogP contribution >= 0.6 is 0 Å². The molecule has 1 spiro atoms. The molecular formula is C16H18F3N5O2. The molecule has 1 heterocycles. The van der Waals surface area contributed by atoms with Gasteiger partial charge >= 0.3 is 12.1 Å². The fraction of sp³-hybridized carbons (Fsp3) is 0.438. The van der Waals surface area contributed by atoms with Crippen molar-refractivity contribution in [2.24, 2.45) is 21.5 Å². The highest BCUT2D eigenvalue weighted by Gasteiger charge is 2.46. The summed E-state index contributed by atoms with van der Waals surface area (Å²) in [5, 5.41) is 9.04. The second-order valence-electron chi connectivity index (χ2n) is 6.35. The number of hydrogen-bond acceptors (Lipinski definition) is 6. The average Bonchev–Trinajstić information content (AvgIpc) is 2.53. The summed E-state index contributed by atoms with van der Waals surface area (Å²) in [6.07, 6.45) is -1.37. The second kappa shape index (κ2) is 6.19. The lowest BCUT2D eigenvalue weighted by atomic mass is 9.86. The number of nitrogens with two attached hydrogens (primary N) is 2. The van der Waals surface area contributed by atoms with Gasteiger partial charge in [0.15, 0.2) is 0 Å². The van der Waals surface area contributed by atoms with Gasteiger partial charge in [-0.3, -0.25) is 4.90 Å². The van der Waals surface area contributed by atoms with Crippen LogP contribution in [0, 0.1) is 0 Å². The van der Waals surface area contributed by atoms with Crippen molar-refractivity contribution >= 4 is 23.6 Å². The predicted octanol–water partition coefficient (Wildman–Crippen LogP) is 2.51. The summed E-state index contributed by atoms with van der Waals surface area (Å²) in [6.45, 7) is 0. The van der Waals surface area contributed by atoms with E-state index in [9.17, 15) is 18.0 Å². The van der Waals surface area contributed by atoms with E-state index in [1.165, 1.54) is 4.90 Å². The van der Waals surface area contributed by atoms with Crippen LogP contribution in [0.25, 0.3) is 0 Å². The summed E-state index contributed by atoms with van der Waals surface area (Å²) in [5.41, 5.74) is 8.78. The minimum absolute atomic E-state index is 0.0728. The normalized spacial score (nSPS) is 19.9. The lowest BCUT2D eigenvalue weighted by Crippen LogP contribution is -2.58. The maximum absolute atomic E-state index is 13.6. The molecule has 1 aromatic rings. The quantitative estimate of drug-likeness (QED) is 0.740. The second-order valence-corrected chi connectivity index (χ2v) is 6.35. The molecule has 0 unspecified atom stereocenters. The first-order valence-corrected chi connectivity index (χ1v) is 8.08. The summed E-state index contributed by atoms with van der Waals surface area (Å²) in [7, 11) is 0. The molecule has 10 heteroatoms. The van der Waals surface area contributed by atoms with Gasteiger partial charge < -0.3 is 16.6 Å². The van der Waals surface area contributed by atoms with Gasteiger partial charge in [-0.15, -0.1) is 0 Å². The van der Waals surface area contributed by atoms with Crippen LogP contribution in [0.2, 0.25) is 0 Å². The number of anilines is 1. The summed E-state index contributed by atoms with van der Waals surface area (Å²) >= 11 is 0. The number of benzene rings is 1. The molecule has 3 rings (SSSR count). The van der Waals surface area contributed by atoms with E-state index < -0.39 is 28.9 Å². The standard InChI is InChI=1S/C16H18F3N5O2/c17-16(18,19)10-8-9(12(25)26)4-5-11(10)24-14(21)22-13(20)23-15(24)6-2-1-3-7-15/h4-5,8H,1-3,6-7H2,(H,25,26)(H4,20,21,22,23). The molecule has 0 saturated heterocycles. The molecule has 1 aliphatic heterocycles. The average molecular weight is 369 g/mol. The van der Waals surface area contributed by atoms with Crippen molar-refractivity contribution in [2.45, 2.75) is 43.9 Å². The van der Waals surface area contributed by atoms with Crippen molar-refractivity contribution in [3.63, 3.8) is 0 Å². The Morgan fingerprint density at radius 3 is 2.42 bits per heavy atom. The molecule has 1 aliphatic carbocycles. The molecule has 140 valence electrons. The van der Waals surface area contributed by atoms with Crippen LogP contribution < -0.4 is 16.4 Å². The van der Waals surface area contributed by atoms with Crippen molar-refractivity contribution < 1.29 is 23.1 Å². The van der Waals surface area contributed by atoms with Crippen LogP contribution in [0.15, 0.2) is 28.2 Å². The SMILES string of the molecule is NC1=NC2(CCCCC2)N(c2ccc(C(=O)O)cc2C(F)(F)F)C(N)=N1. The number of halogens is 3. The molecular weight excluding hydrogens is 351 g/mol. The van der Waals surface area contributed by atoms with Crippen molar-refractivity contribution in [1.29, 1.82) is 0 Å². The van der Waals surface area contributed by atoms with Crippen LogP contribution in [0.4, 0.5) is 18.9 Å². The number of carboxylic acid groups (broad SMARTS) is 1. The molecule has 1 aromatic carbocycles. The molecule has 0 atom stereocenters. The van der Waals surface area contributed by atoms with Crippen molar-refractivity contribution in [2.75, 3.05) is 4.90 Å². The number of carboxylic acids is 1. The zero-order chi connectivity index (χ0) is 19.1. The first kappa shape index (κ1) is 18.0. The monoisotopic (exact) mass is 369 g/mol. The number of aliphatic imine (C=N–C) groups is 2. The van der Waals surface area contributed by atoms with Crippen LogP contribution in [0.3, 0.4) is 0 Å². The minimum Gasteiger partial charge on any atom is -0.478 e. The highest BCUT2D eigenvalue weighted by atomic mass is 19.4. The van der Waals surface area contributed by atoms with Gasteiger partial charge in [0.2, 0.25) is 11.9 Å². The van der Waals surface area contributed by atoms with E-state index in [0.717, 1.165) is 31.4 Å². The third-order valence-corrected chi connectivity index (χ3v) is 4.64. The molecule has 5 N–H and O–H groups in total. The number of alkyl halides is 3. The van der Waals surface area contributed by atoms with Gasteiger partial charge in [-0.2, -0.15) is 18.2 Å². The maximum atomic E-state index is 13.6. The fourth-order valence-corrected chi connectivity index (χ4v) is 3.56. The van der Waals surface area contributed by atoms with E-state index in [0.29, 0.717) is 18.9 Å². The van der Waals surface area contributed by atoms with E-state index in [1.807, 2.05) is 0 Å². The maximum Gasteiger partial charge on any atom is 0.418 e. The lowest BCUT2D eigenvalue weighted by molar-refractivity contribution is -0.137. The summed E-state index contributed by atoms with van der Waals surface area (Å²) in [6, 6.07) is 2.81. The van der Waals surface area contributed by atoms with Gasteiger partial charge in [0.25, 0.3) is 0 Å². The van der Waals surface area contributed by atoms with Gasteiger partial charge in [-0.25, -0.2) is 9.79 Å². The number of carbonyl (C=O) groups is 1. The topological polar surface area (TPSA) is 117 Å². The molecule has 2 aliphatic rings. The van der Waals surface area contributed by atoms with Crippen LogP contribution in [-0.4, -0.2) is 28.7 Å². The Morgan fingerprint density at radius 2 is 1.85 bits per heavy atom. The number of nitrogens with zero attached hydrogens (tertiary/aromatic N) is 3. The molecule has 1 fully saturated rings. The van der Waals surface area contributed by atoms with E-state index in [2.05, 4.69) is 9.98 Å². The molecule has 0 bridgehead atoms. The Kier molecular flexibility index (Phi) is 4.29. The summed E-state index contributed by atoms with van der Waals surface area (Å²) in [4.78, 5) is 20.5. The molecule has 26 heavy (non-hydrogen) atoms. The Bertz CT molecular complexity index is 798. The summed E-state index contributed by atoms with van der Waals surface area (Å²) < 4.78 is 40.9. The first-order valence-electron chi connectivity index (χ1n) is 8.08. The molecule has 0 amide bonds. The highest BCUT2D eigenvalue weighted by Crippen LogP contribution is 2.44. The van der Waals surface area contributed by atoms with E-state index in [1.54, 1.807) is 0 Å². The van der Waals surface area contributed by atoms with Gasteiger partial charge in [0.05, 0.1) is 16.8 Å². The smallest absolute Gasteiger partial charge is 0.418 e. The van der Waals surface area contributed by atoms with Crippen LogP contribution in [-0.2, 0) is 6.18 Å². The number of hydrogen-bond donors (Lipinski definition) is 3. The first-order chi connectivity index (χ1) is 12.1. The van der Waals surface area contributed by atoms with Gasteiger partial charge in [-0.1, -0.05) is 6.42 Å². The van der Waals surface area contributed by atoms with Gasteiger partial charge in [-0.05, 0) is 43.9 Å². The highest BCUT2D eigenvalue weighted by molar-refractivity contribution is 6.06. The third-order valence-electron chi connectivity index (χ3n) is 4.64. The zero-order valence-electron chi connectivity index (χ0n) is 13.8. The Hall–Kier alpha value is -2.78. The number of aromatic carboxylic acids is 1. The zero-order valence-corrected chi connectivity index (χ0v) is 13.8. The Balaban J connectivity index is 2.20. The molecule has 1 saturated carbocycles. The van der Waals surface area contributed by atoms with Crippen LogP contribution in [0.5, 0.6) is 0 Å². The van der Waals surface area contributed by atoms with Crippen molar-refractivity contribution in [3.8, 4) is 0 Å². The number of rotatable bonds is 2. The largest absolute Gasteiger partial charge is 0.478 e. The predicted molar refractivity (Wildman–Crippen MR) is 89.9 cm³/mol. The third kappa shape index (κ3) is 3.06. The fourth-order valence-electron chi connectivity index (χ4n) is 3.56. The van der Waals surface area contributed by atoms with Crippen molar-refractivity contribution in [1.82, 2.24) is 0 Å².